The Bertz CT molecular complexity index is 276. The van der Waals surface area contributed by atoms with Gasteiger partial charge in [0.15, 0.2) is 0 Å². The Morgan fingerprint density at radius 2 is 0.351 bits per heavy atom. The molecule has 0 fully saturated rings. The van der Waals surface area contributed by atoms with Crippen LogP contribution in [0.3, 0.4) is 0 Å². The molecule has 4 nitrogen and oxygen atoms in total. The van der Waals surface area contributed by atoms with Gasteiger partial charge in [0.05, 0.1) is 0 Å². The van der Waals surface area contributed by atoms with Gasteiger partial charge in [0.2, 0.25) is 0 Å². The monoisotopic (exact) mass is 636 g/mol. The molecular weight excluding hydrogens is 567 g/mol. The molecule has 0 aliphatic carbocycles. The predicted octanol–water partition coefficient (Wildman–Crippen LogP) is 5.87. The van der Waals surface area contributed by atoms with Crippen molar-refractivity contribution in [3.63, 3.8) is 0 Å². The molecule has 224 valence electrons. The summed E-state index contributed by atoms with van der Waals surface area (Å²) in [6, 6.07) is 0. The Morgan fingerprint density at radius 1 is 0.270 bits per heavy atom. The zero-order chi connectivity index (χ0) is 29.3. The van der Waals surface area contributed by atoms with Crippen LogP contribution in [-0.4, -0.2) is 50.3 Å². The van der Waals surface area contributed by atoms with Crippen LogP contribution in [0.2, 0.25) is 0 Å². The molecule has 5 heteroatoms. The summed E-state index contributed by atoms with van der Waals surface area (Å²) in [7, 11) is 0. The van der Waals surface area contributed by atoms with E-state index in [1.54, 1.807) is 0 Å². The molecule has 0 saturated heterocycles. The van der Waals surface area contributed by atoms with Crippen molar-refractivity contribution in [3.8, 4) is 0 Å². The second-order valence-electron chi connectivity index (χ2n) is 10.8. The van der Waals surface area contributed by atoms with Gasteiger partial charge >= 0.3 is 23.9 Å². The first-order chi connectivity index (χ1) is 17.0. The van der Waals surface area contributed by atoms with E-state index >= 15 is 0 Å². The number of hydrogen-bond donors (Lipinski definition) is 0. The van der Waals surface area contributed by atoms with Crippen molar-refractivity contribution in [2.75, 3.05) is 26.4 Å². The topological polar surface area (TPSA) is 92.2 Å². The third kappa shape index (κ3) is 18.6. The summed E-state index contributed by atoms with van der Waals surface area (Å²) < 4.78 is 0. The van der Waals surface area contributed by atoms with Crippen LogP contribution in [0.5, 0.6) is 0 Å². The molecule has 0 aromatic carbocycles. The summed E-state index contributed by atoms with van der Waals surface area (Å²) in [5.74, 6) is 0. The fourth-order valence-corrected chi connectivity index (χ4v) is 4.22. The van der Waals surface area contributed by atoms with E-state index in [0.29, 0.717) is 0 Å². The van der Waals surface area contributed by atoms with Crippen molar-refractivity contribution < 1.29 is 20.4 Å². The summed E-state index contributed by atoms with van der Waals surface area (Å²) in [6.45, 7) is 25.6. The minimum atomic E-state index is 0. The summed E-state index contributed by atoms with van der Waals surface area (Å²) in [5, 5.41) is 42.6. The fraction of sp³-hybridized carbons (Fsp3) is 1.00. The summed E-state index contributed by atoms with van der Waals surface area (Å²) >= 11 is 0. The van der Waals surface area contributed by atoms with E-state index in [1.807, 2.05) is 0 Å². The zero-order valence-electron chi connectivity index (χ0n) is 27.4. The molecule has 0 bridgehead atoms. The van der Waals surface area contributed by atoms with Gasteiger partial charge in [0.1, 0.15) is 0 Å². The molecule has 0 aliphatic heterocycles. The number of rotatable bonds is 16. The van der Waals surface area contributed by atoms with E-state index in [0.717, 1.165) is 77.0 Å². The van der Waals surface area contributed by atoms with Crippen molar-refractivity contribution in [1.29, 1.82) is 0 Å². The van der Waals surface area contributed by atoms with Crippen LogP contribution in [0, 0.1) is 21.7 Å². The summed E-state index contributed by atoms with van der Waals surface area (Å²) in [5.41, 5.74) is 0.444. The second-order valence-corrected chi connectivity index (χ2v) is 10.8. The average Bonchev–Trinajstić information content (AvgIpc) is 2.96. The molecule has 0 unspecified atom stereocenters. The van der Waals surface area contributed by atoms with Gasteiger partial charge in [-0.25, -0.2) is 0 Å². The summed E-state index contributed by atoms with van der Waals surface area (Å²) in [6.07, 6.45) is 12.4. The largest absolute Gasteiger partial charge is 4.00 e. The maximum atomic E-state index is 10.6. The Labute approximate surface area is 251 Å². The van der Waals surface area contributed by atoms with Gasteiger partial charge in [-0.05, 0) is 21.7 Å². The van der Waals surface area contributed by atoms with Gasteiger partial charge in [-0.2, -0.15) is 0 Å². The third-order valence-electron chi connectivity index (χ3n) is 10.2. The van der Waals surface area contributed by atoms with Crippen molar-refractivity contribution >= 4 is 23.9 Å². The minimum Gasteiger partial charge on any atom is -0.854 e. The molecular formula is C32H68O4Sn. The molecule has 0 saturated carbocycles. The normalized spacial score (nSPS) is 11.7. The Morgan fingerprint density at radius 3 is 0.351 bits per heavy atom. The SMILES string of the molecule is CCC(CC)(CC)C[O-].CCC(CC)(CC)C[O-].CCC(CC)(CC)C[O-].CCC(CC)(CC)C[O-].[Sn+4]. The van der Waals surface area contributed by atoms with E-state index in [-0.39, 0.29) is 72.0 Å². The van der Waals surface area contributed by atoms with E-state index in [2.05, 4.69) is 83.1 Å². The molecule has 0 heterocycles. The van der Waals surface area contributed by atoms with Crippen molar-refractivity contribution in [3.05, 3.63) is 0 Å². The summed E-state index contributed by atoms with van der Waals surface area (Å²) in [4.78, 5) is 0. The molecule has 0 amide bonds. The first kappa shape index (κ1) is 47.4. The molecule has 0 aromatic rings. The van der Waals surface area contributed by atoms with Crippen LogP contribution in [-0.2, 0) is 0 Å². The van der Waals surface area contributed by atoms with Crippen LogP contribution in [0.15, 0.2) is 0 Å². The molecule has 0 aromatic heterocycles. The van der Waals surface area contributed by atoms with Gasteiger partial charge in [-0.1, -0.05) is 160 Å². The molecule has 0 atom stereocenters. The molecule has 0 rings (SSSR count). The van der Waals surface area contributed by atoms with Crippen molar-refractivity contribution in [2.45, 2.75) is 160 Å². The van der Waals surface area contributed by atoms with Gasteiger partial charge < -0.3 is 20.4 Å². The maximum absolute atomic E-state index is 10.6. The fourth-order valence-electron chi connectivity index (χ4n) is 4.22. The number of hydrogen-bond acceptors (Lipinski definition) is 4. The minimum absolute atomic E-state index is 0. The van der Waals surface area contributed by atoms with Crippen LogP contribution in [0.1, 0.15) is 160 Å². The van der Waals surface area contributed by atoms with E-state index in [4.69, 9.17) is 0 Å². The van der Waals surface area contributed by atoms with Crippen molar-refractivity contribution in [1.82, 2.24) is 0 Å². The smallest absolute Gasteiger partial charge is 0.854 e. The third-order valence-corrected chi connectivity index (χ3v) is 10.2. The van der Waals surface area contributed by atoms with E-state index in [1.165, 1.54) is 0 Å². The van der Waals surface area contributed by atoms with Crippen molar-refractivity contribution in [2.24, 2.45) is 21.7 Å². The molecule has 0 radical (unpaired) electrons. The van der Waals surface area contributed by atoms with Gasteiger partial charge in [0, 0.05) is 0 Å². The average molecular weight is 636 g/mol. The molecule has 37 heavy (non-hydrogen) atoms. The van der Waals surface area contributed by atoms with Crippen LogP contribution in [0.4, 0.5) is 0 Å². The first-order valence-electron chi connectivity index (χ1n) is 15.3. The first-order valence-corrected chi connectivity index (χ1v) is 15.3. The van der Waals surface area contributed by atoms with Crippen LogP contribution < -0.4 is 20.4 Å². The zero-order valence-corrected chi connectivity index (χ0v) is 30.3. The van der Waals surface area contributed by atoms with E-state index in [9.17, 15) is 20.4 Å². The Balaban J connectivity index is -0.000000122. The van der Waals surface area contributed by atoms with Crippen LogP contribution >= 0.6 is 0 Å². The second kappa shape index (κ2) is 28.2. The van der Waals surface area contributed by atoms with E-state index < -0.39 is 0 Å². The van der Waals surface area contributed by atoms with Crippen LogP contribution in [0.25, 0.3) is 0 Å². The molecule has 0 aliphatic rings. The maximum Gasteiger partial charge on any atom is 4.00 e. The molecule has 0 N–H and O–H groups in total. The predicted molar refractivity (Wildman–Crippen MR) is 158 cm³/mol. The van der Waals surface area contributed by atoms with Gasteiger partial charge in [-0.3, -0.25) is 0 Å². The molecule has 0 spiro atoms. The Hall–Kier alpha value is 0.639. The Kier molecular flexibility index (Phi) is 36.1. The quantitative estimate of drug-likeness (QED) is 0.198. The van der Waals surface area contributed by atoms with Gasteiger partial charge in [0.25, 0.3) is 0 Å². The standard InChI is InChI=1S/4C8H17O.Sn/c4*1-4-8(5-2,6-3)7-9;/h4*4-7H2,1-3H3;/q4*-1;+4. The van der Waals surface area contributed by atoms with Gasteiger partial charge in [-0.15, -0.1) is 26.4 Å².